The van der Waals surface area contributed by atoms with Crippen LogP contribution < -0.4 is 4.74 Å². The van der Waals surface area contributed by atoms with Gasteiger partial charge < -0.3 is 4.74 Å². The highest BCUT2D eigenvalue weighted by molar-refractivity contribution is 9.10. The number of aryl methyl sites for hydroxylation is 1. The van der Waals surface area contributed by atoms with Gasteiger partial charge in [0.1, 0.15) is 0 Å². The summed E-state index contributed by atoms with van der Waals surface area (Å²) in [4.78, 5) is 4.07. The first kappa shape index (κ1) is 12.3. The summed E-state index contributed by atoms with van der Waals surface area (Å²) in [5.74, 6) is -0.164. The lowest BCUT2D eigenvalue weighted by atomic mass is 10.3. The summed E-state index contributed by atoms with van der Waals surface area (Å²) in [5.41, 5.74) is 0.804. The first-order chi connectivity index (χ1) is 8.08. The number of halogens is 3. The zero-order valence-electron chi connectivity index (χ0n) is 8.88. The number of benzene rings is 1. The molecule has 0 spiro atoms. The molecule has 0 aliphatic carbocycles. The molecule has 0 aliphatic heterocycles. The topological polar surface area (TPSA) is 22.1 Å². The average molecular weight is 317 g/mol. The summed E-state index contributed by atoms with van der Waals surface area (Å²) in [6.45, 7) is 1.83. The van der Waals surface area contributed by atoms with Gasteiger partial charge in [-0.25, -0.2) is 9.37 Å². The van der Waals surface area contributed by atoms with Crippen molar-refractivity contribution in [1.29, 1.82) is 0 Å². The lowest BCUT2D eigenvalue weighted by Crippen LogP contribution is -1.93. The van der Waals surface area contributed by atoms with E-state index < -0.39 is 5.82 Å². The Kier molecular flexibility index (Phi) is 3.64. The minimum absolute atomic E-state index is 0.0252. The van der Waals surface area contributed by atoms with Crippen molar-refractivity contribution in [3.8, 4) is 11.6 Å². The molecule has 2 aromatic rings. The summed E-state index contributed by atoms with van der Waals surface area (Å²) in [6, 6.07) is 6.43. The van der Waals surface area contributed by atoms with Gasteiger partial charge in [-0.3, -0.25) is 0 Å². The summed E-state index contributed by atoms with van der Waals surface area (Å²) >= 11 is 8.96. The third-order valence-electron chi connectivity index (χ3n) is 2.12. The molecule has 1 heterocycles. The minimum Gasteiger partial charge on any atom is -0.436 e. The molecule has 0 saturated carbocycles. The lowest BCUT2D eigenvalue weighted by molar-refractivity contribution is 0.424. The Morgan fingerprint density at radius 3 is 2.88 bits per heavy atom. The van der Waals surface area contributed by atoms with E-state index in [0.29, 0.717) is 5.88 Å². The van der Waals surface area contributed by atoms with Crippen LogP contribution in [-0.2, 0) is 0 Å². The van der Waals surface area contributed by atoms with Crippen molar-refractivity contribution in [2.75, 3.05) is 0 Å². The summed E-state index contributed by atoms with van der Waals surface area (Å²) in [7, 11) is 0. The third kappa shape index (κ3) is 2.76. The number of pyridine rings is 1. The summed E-state index contributed by atoms with van der Waals surface area (Å²) in [6.07, 6.45) is 1.59. The highest BCUT2D eigenvalue weighted by Gasteiger charge is 2.10. The Bertz CT molecular complexity index is 562. The predicted molar refractivity (Wildman–Crippen MR) is 68.2 cm³/mol. The van der Waals surface area contributed by atoms with E-state index in [1.54, 1.807) is 12.3 Å². The van der Waals surface area contributed by atoms with Gasteiger partial charge >= 0.3 is 0 Å². The molecule has 1 aromatic heterocycles. The van der Waals surface area contributed by atoms with Crippen molar-refractivity contribution in [2.45, 2.75) is 6.92 Å². The molecule has 2 rings (SSSR count). The average Bonchev–Trinajstić information content (AvgIpc) is 2.28. The van der Waals surface area contributed by atoms with E-state index in [1.807, 2.05) is 13.0 Å². The largest absolute Gasteiger partial charge is 0.436 e. The van der Waals surface area contributed by atoms with E-state index in [2.05, 4.69) is 20.9 Å². The third-order valence-corrected chi connectivity index (χ3v) is 2.85. The second-order valence-corrected chi connectivity index (χ2v) is 4.75. The molecule has 88 valence electrons. The molecule has 0 saturated heterocycles. The van der Waals surface area contributed by atoms with Gasteiger partial charge in [0.05, 0.1) is 5.02 Å². The Morgan fingerprint density at radius 1 is 1.41 bits per heavy atom. The highest BCUT2D eigenvalue weighted by Crippen LogP contribution is 2.29. The van der Waals surface area contributed by atoms with Gasteiger partial charge in [-0.15, -0.1) is 0 Å². The molecule has 0 aliphatic rings. The second-order valence-electron chi connectivity index (χ2n) is 3.43. The van der Waals surface area contributed by atoms with Crippen LogP contribution in [0.1, 0.15) is 5.56 Å². The molecule has 0 N–H and O–H groups in total. The Balaban J connectivity index is 2.35. The summed E-state index contributed by atoms with van der Waals surface area (Å²) < 4.78 is 19.8. The van der Waals surface area contributed by atoms with E-state index >= 15 is 0 Å². The van der Waals surface area contributed by atoms with Crippen LogP contribution in [0.2, 0.25) is 5.02 Å². The van der Waals surface area contributed by atoms with Crippen LogP contribution in [0.3, 0.4) is 0 Å². The van der Waals surface area contributed by atoms with Crippen molar-refractivity contribution >= 4 is 27.5 Å². The molecule has 0 amide bonds. The van der Waals surface area contributed by atoms with Gasteiger partial charge in [-0.1, -0.05) is 17.7 Å². The molecule has 2 nitrogen and oxygen atoms in total. The maximum atomic E-state index is 13.6. The fraction of sp³-hybridized carbons (Fsp3) is 0.0833. The number of ether oxygens (including phenoxy) is 1. The maximum Gasteiger partial charge on any atom is 0.222 e. The van der Waals surface area contributed by atoms with Gasteiger partial charge in [0, 0.05) is 16.2 Å². The fourth-order valence-corrected chi connectivity index (χ4v) is 1.91. The normalized spacial score (nSPS) is 10.4. The van der Waals surface area contributed by atoms with Crippen molar-refractivity contribution in [3.63, 3.8) is 0 Å². The van der Waals surface area contributed by atoms with Crippen LogP contribution in [0.5, 0.6) is 11.6 Å². The van der Waals surface area contributed by atoms with Crippen LogP contribution in [0.25, 0.3) is 0 Å². The summed E-state index contributed by atoms with van der Waals surface area (Å²) in [5, 5.41) is 0.0252. The number of aromatic nitrogens is 1. The Labute approximate surface area is 112 Å². The van der Waals surface area contributed by atoms with E-state index in [-0.39, 0.29) is 10.8 Å². The first-order valence-electron chi connectivity index (χ1n) is 4.82. The zero-order chi connectivity index (χ0) is 12.4. The molecule has 0 unspecified atom stereocenters. The first-order valence-corrected chi connectivity index (χ1v) is 5.99. The monoisotopic (exact) mass is 315 g/mol. The smallest absolute Gasteiger partial charge is 0.222 e. The van der Waals surface area contributed by atoms with Crippen LogP contribution in [0.4, 0.5) is 4.39 Å². The number of hydrogen-bond donors (Lipinski definition) is 0. The molecular weight excluding hydrogens is 308 g/mol. The van der Waals surface area contributed by atoms with Gasteiger partial charge in [0.15, 0.2) is 11.6 Å². The van der Waals surface area contributed by atoms with Gasteiger partial charge in [0.25, 0.3) is 0 Å². The Hall–Kier alpha value is -1.13. The fourth-order valence-electron chi connectivity index (χ4n) is 1.30. The SMILES string of the molecule is Cc1cc(Br)cnc1Oc1cccc(Cl)c1F. The standard InChI is InChI=1S/C12H8BrClFNO/c1-7-5-8(13)6-16-12(7)17-10-4-2-3-9(14)11(10)15/h2-6H,1H3. The van der Waals surface area contributed by atoms with Crippen molar-refractivity contribution in [2.24, 2.45) is 0 Å². The lowest BCUT2D eigenvalue weighted by Gasteiger charge is -2.08. The molecule has 5 heteroatoms. The predicted octanol–water partition coefficient (Wildman–Crippen LogP) is 4.74. The van der Waals surface area contributed by atoms with Gasteiger partial charge in [-0.05, 0) is 41.1 Å². The van der Waals surface area contributed by atoms with Crippen LogP contribution in [0, 0.1) is 12.7 Å². The Morgan fingerprint density at radius 2 is 2.18 bits per heavy atom. The van der Waals surface area contributed by atoms with Crippen LogP contribution >= 0.6 is 27.5 Å². The number of rotatable bonds is 2. The molecule has 0 atom stereocenters. The van der Waals surface area contributed by atoms with Crippen LogP contribution in [0.15, 0.2) is 34.9 Å². The quantitative estimate of drug-likeness (QED) is 0.798. The molecule has 0 bridgehead atoms. The second kappa shape index (κ2) is 5.02. The molecule has 0 fully saturated rings. The van der Waals surface area contributed by atoms with Crippen molar-refractivity contribution in [3.05, 3.63) is 51.3 Å². The molecule has 17 heavy (non-hydrogen) atoms. The minimum atomic E-state index is -0.585. The van der Waals surface area contributed by atoms with Crippen molar-refractivity contribution in [1.82, 2.24) is 4.98 Å². The van der Waals surface area contributed by atoms with E-state index in [0.717, 1.165) is 10.0 Å². The molecule has 1 aromatic carbocycles. The van der Waals surface area contributed by atoms with Gasteiger partial charge in [-0.2, -0.15) is 0 Å². The molecule has 0 radical (unpaired) electrons. The van der Waals surface area contributed by atoms with E-state index in [9.17, 15) is 4.39 Å². The van der Waals surface area contributed by atoms with Crippen LogP contribution in [-0.4, -0.2) is 4.98 Å². The van der Waals surface area contributed by atoms with Gasteiger partial charge in [0.2, 0.25) is 5.88 Å². The van der Waals surface area contributed by atoms with E-state index in [4.69, 9.17) is 16.3 Å². The molecular formula is C12H8BrClFNO. The zero-order valence-corrected chi connectivity index (χ0v) is 11.2. The number of nitrogens with zero attached hydrogens (tertiary/aromatic N) is 1. The number of hydrogen-bond acceptors (Lipinski definition) is 2. The highest BCUT2D eigenvalue weighted by atomic mass is 79.9. The maximum absolute atomic E-state index is 13.6. The van der Waals surface area contributed by atoms with Crippen molar-refractivity contribution < 1.29 is 9.13 Å². The van der Waals surface area contributed by atoms with E-state index in [1.165, 1.54) is 12.1 Å².